The third kappa shape index (κ3) is 1.66. The van der Waals surface area contributed by atoms with Crippen LogP contribution in [0, 0.1) is 0 Å². The summed E-state index contributed by atoms with van der Waals surface area (Å²) in [6, 6.07) is 0.267. The molecule has 0 amide bonds. The van der Waals surface area contributed by atoms with Crippen molar-refractivity contribution in [2.75, 3.05) is 0 Å². The van der Waals surface area contributed by atoms with Crippen molar-refractivity contribution in [2.45, 2.75) is 51.0 Å². The van der Waals surface area contributed by atoms with Gasteiger partial charge in [-0.1, -0.05) is 20.3 Å². The molecule has 1 aromatic rings. The predicted molar refractivity (Wildman–Crippen MR) is 55.0 cm³/mol. The van der Waals surface area contributed by atoms with E-state index < -0.39 is 0 Å². The third-order valence-electron chi connectivity index (χ3n) is 2.96. The number of hydrogen-bond donors (Lipinski definition) is 2. The van der Waals surface area contributed by atoms with E-state index in [0.717, 1.165) is 24.5 Å². The highest BCUT2D eigenvalue weighted by Crippen LogP contribution is 2.31. The normalized spacial score (nSPS) is 27.4. The average molecular weight is 194 g/mol. The minimum Gasteiger partial charge on any atom is -0.327 e. The molecule has 2 atom stereocenters. The van der Waals surface area contributed by atoms with E-state index in [9.17, 15) is 0 Å². The molecule has 0 saturated heterocycles. The van der Waals surface area contributed by atoms with E-state index in [1.54, 1.807) is 0 Å². The molecule has 0 aliphatic heterocycles. The summed E-state index contributed by atoms with van der Waals surface area (Å²) in [6.07, 6.45) is 3.47. The van der Waals surface area contributed by atoms with E-state index in [1.165, 1.54) is 6.42 Å². The summed E-state index contributed by atoms with van der Waals surface area (Å²) < 4.78 is 0. The Bertz CT molecular complexity index is 305. The summed E-state index contributed by atoms with van der Waals surface area (Å²) in [6.45, 7) is 4.20. The minimum absolute atomic E-state index is 0.267. The van der Waals surface area contributed by atoms with Crippen molar-refractivity contribution in [2.24, 2.45) is 5.73 Å². The van der Waals surface area contributed by atoms with Gasteiger partial charge in [-0.25, -0.2) is 4.98 Å². The first-order valence-corrected chi connectivity index (χ1v) is 5.36. The van der Waals surface area contributed by atoms with Crippen molar-refractivity contribution >= 4 is 0 Å². The quantitative estimate of drug-likeness (QED) is 0.750. The fourth-order valence-corrected chi connectivity index (χ4v) is 2.04. The molecule has 1 heterocycles. The Labute approximate surface area is 84.3 Å². The van der Waals surface area contributed by atoms with Crippen LogP contribution >= 0.6 is 0 Å². The number of nitrogens with one attached hydrogen (secondary N) is 1. The van der Waals surface area contributed by atoms with E-state index in [-0.39, 0.29) is 6.04 Å². The number of rotatable bonds is 2. The summed E-state index contributed by atoms with van der Waals surface area (Å²) in [7, 11) is 0. The van der Waals surface area contributed by atoms with Crippen LogP contribution in [0.25, 0.3) is 0 Å². The molecule has 3 N–H and O–H groups in total. The van der Waals surface area contributed by atoms with E-state index in [0.29, 0.717) is 11.8 Å². The maximum atomic E-state index is 6.01. The molecule has 4 nitrogen and oxygen atoms in total. The lowest BCUT2D eigenvalue weighted by atomic mass is 10.0. The Balaban J connectivity index is 2.16. The first-order valence-electron chi connectivity index (χ1n) is 5.36. The standard InChI is InChI=1S/C10H18N4/c1-6(2)9-12-10(14-13-9)7-4-3-5-8(7)11/h6-8H,3-5,11H2,1-2H3,(H,12,13,14). The lowest BCUT2D eigenvalue weighted by Crippen LogP contribution is -2.23. The van der Waals surface area contributed by atoms with Crippen LogP contribution in [0.2, 0.25) is 0 Å². The molecule has 0 spiro atoms. The van der Waals surface area contributed by atoms with E-state index >= 15 is 0 Å². The number of aromatic nitrogens is 3. The molecule has 78 valence electrons. The Morgan fingerprint density at radius 3 is 2.71 bits per heavy atom. The zero-order valence-electron chi connectivity index (χ0n) is 8.83. The smallest absolute Gasteiger partial charge is 0.153 e. The molecule has 1 fully saturated rings. The highest BCUT2D eigenvalue weighted by molar-refractivity contribution is 5.06. The van der Waals surface area contributed by atoms with Gasteiger partial charge in [-0.15, -0.1) is 0 Å². The fourth-order valence-electron chi connectivity index (χ4n) is 2.04. The van der Waals surface area contributed by atoms with E-state index in [4.69, 9.17) is 5.73 Å². The molecule has 14 heavy (non-hydrogen) atoms. The second-order valence-electron chi connectivity index (χ2n) is 4.43. The van der Waals surface area contributed by atoms with Gasteiger partial charge in [-0.2, -0.15) is 5.10 Å². The SMILES string of the molecule is CC(C)c1n[nH]c(C2CCCC2N)n1. The fraction of sp³-hybridized carbons (Fsp3) is 0.800. The number of H-pyrrole nitrogens is 1. The molecule has 0 bridgehead atoms. The minimum atomic E-state index is 0.267. The lowest BCUT2D eigenvalue weighted by molar-refractivity contribution is 0.582. The van der Waals surface area contributed by atoms with Crippen LogP contribution in [0.5, 0.6) is 0 Å². The summed E-state index contributed by atoms with van der Waals surface area (Å²) in [5, 5.41) is 7.22. The van der Waals surface area contributed by atoms with Crippen LogP contribution in [-0.4, -0.2) is 21.2 Å². The van der Waals surface area contributed by atoms with Gasteiger partial charge in [0, 0.05) is 17.9 Å². The van der Waals surface area contributed by atoms with Crippen LogP contribution in [0.1, 0.15) is 56.6 Å². The maximum absolute atomic E-state index is 6.01. The molecule has 1 aliphatic rings. The van der Waals surface area contributed by atoms with Crippen LogP contribution in [-0.2, 0) is 0 Å². The Morgan fingerprint density at radius 1 is 1.43 bits per heavy atom. The zero-order chi connectivity index (χ0) is 10.1. The Hall–Kier alpha value is -0.900. The number of hydrogen-bond acceptors (Lipinski definition) is 3. The molecule has 2 unspecified atom stereocenters. The number of aromatic amines is 1. The zero-order valence-corrected chi connectivity index (χ0v) is 8.83. The van der Waals surface area contributed by atoms with Gasteiger partial charge in [0.2, 0.25) is 0 Å². The van der Waals surface area contributed by atoms with E-state index in [2.05, 4.69) is 29.0 Å². The summed E-state index contributed by atoms with van der Waals surface area (Å²) in [5.74, 6) is 2.67. The van der Waals surface area contributed by atoms with Crippen molar-refractivity contribution in [1.82, 2.24) is 15.2 Å². The van der Waals surface area contributed by atoms with Crippen molar-refractivity contribution < 1.29 is 0 Å². The predicted octanol–water partition coefficient (Wildman–Crippen LogP) is 1.52. The van der Waals surface area contributed by atoms with Gasteiger partial charge in [-0.3, -0.25) is 5.10 Å². The van der Waals surface area contributed by atoms with Crippen molar-refractivity contribution in [3.05, 3.63) is 11.6 Å². The Kier molecular flexibility index (Phi) is 2.54. The first kappa shape index (κ1) is 9.65. The second kappa shape index (κ2) is 3.69. The van der Waals surface area contributed by atoms with Gasteiger partial charge >= 0.3 is 0 Å². The summed E-state index contributed by atoms with van der Waals surface area (Å²) >= 11 is 0. The van der Waals surface area contributed by atoms with Crippen molar-refractivity contribution in [3.8, 4) is 0 Å². The van der Waals surface area contributed by atoms with Crippen molar-refractivity contribution in [1.29, 1.82) is 0 Å². The molecular formula is C10H18N4. The Morgan fingerprint density at radius 2 is 2.21 bits per heavy atom. The molecule has 0 radical (unpaired) electrons. The summed E-state index contributed by atoms with van der Waals surface area (Å²) in [4.78, 5) is 4.50. The number of nitrogens with zero attached hydrogens (tertiary/aromatic N) is 2. The third-order valence-corrected chi connectivity index (χ3v) is 2.96. The molecule has 0 aromatic carbocycles. The highest BCUT2D eigenvalue weighted by atomic mass is 15.2. The van der Waals surface area contributed by atoms with Crippen LogP contribution in [0.15, 0.2) is 0 Å². The topological polar surface area (TPSA) is 67.6 Å². The molecule has 2 rings (SSSR count). The average Bonchev–Trinajstić information content (AvgIpc) is 2.71. The van der Waals surface area contributed by atoms with Gasteiger partial charge < -0.3 is 5.73 Å². The molecule has 4 heteroatoms. The second-order valence-corrected chi connectivity index (χ2v) is 4.43. The van der Waals surface area contributed by atoms with Crippen LogP contribution in [0.4, 0.5) is 0 Å². The van der Waals surface area contributed by atoms with Crippen LogP contribution in [0.3, 0.4) is 0 Å². The molecular weight excluding hydrogens is 176 g/mol. The maximum Gasteiger partial charge on any atom is 0.153 e. The molecule has 1 aliphatic carbocycles. The van der Waals surface area contributed by atoms with Crippen molar-refractivity contribution in [3.63, 3.8) is 0 Å². The summed E-state index contributed by atoms with van der Waals surface area (Å²) in [5.41, 5.74) is 6.01. The van der Waals surface area contributed by atoms with E-state index in [1.807, 2.05) is 0 Å². The van der Waals surface area contributed by atoms with Gasteiger partial charge in [0.1, 0.15) is 5.82 Å². The van der Waals surface area contributed by atoms with Gasteiger partial charge in [0.25, 0.3) is 0 Å². The molecule has 1 aromatic heterocycles. The first-order chi connectivity index (χ1) is 6.68. The number of nitrogens with two attached hydrogens (primary N) is 1. The lowest BCUT2D eigenvalue weighted by Gasteiger charge is -2.10. The van der Waals surface area contributed by atoms with Gasteiger partial charge in [0.15, 0.2) is 5.82 Å². The van der Waals surface area contributed by atoms with Gasteiger partial charge in [-0.05, 0) is 12.8 Å². The highest BCUT2D eigenvalue weighted by Gasteiger charge is 2.28. The molecule has 1 saturated carbocycles. The van der Waals surface area contributed by atoms with Crippen LogP contribution < -0.4 is 5.73 Å². The van der Waals surface area contributed by atoms with Gasteiger partial charge in [0.05, 0.1) is 0 Å². The largest absolute Gasteiger partial charge is 0.327 e. The monoisotopic (exact) mass is 194 g/mol.